The van der Waals surface area contributed by atoms with Crippen LogP contribution in [-0.4, -0.2) is 0 Å². The molecule has 14 heavy (non-hydrogen) atoms. The van der Waals surface area contributed by atoms with Crippen molar-refractivity contribution < 1.29 is 0 Å². The van der Waals surface area contributed by atoms with E-state index in [2.05, 4.69) is 19.1 Å². The van der Waals surface area contributed by atoms with Gasteiger partial charge in [-0.1, -0.05) is 31.4 Å². The van der Waals surface area contributed by atoms with E-state index in [1.165, 1.54) is 38.5 Å². The lowest BCUT2D eigenvalue weighted by atomic mass is 9.87. The minimum atomic E-state index is 0.540. The van der Waals surface area contributed by atoms with Gasteiger partial charge in [0.25, 0.3) is 0 Å². The van der Waals surface area contributed by atoms with Gasteiger partial charge in [0.1, 0.15) is 0 Å². The second kappa shape index (κ2) is 6.65. The predicted octanol–water partition coefficient (Wildman–Crippen LogP) is 4.21. The molecular formula is C13H21N. The summed E-state index contributed by atoms with van der Waals surface area (Å²) in [5.74, 6) is 0.540. The highest BCUT2D eigenvalue weighted by Crippen LogP contribution is 2.27. The second-order valence-electron chi connectivity index (χ2n) is 4.20. The first-order chi connectivity index (χ1) is 6.88. The van der Waals surface area contributed by atoms with Gasteiger partial charge in [-0.25, -0.2) is 0 Å². The number of rotatable bonds is 3. The van der Waals surface area contributed by atoms with Crippen LogP contribution in [0.1, 0.15) is 58.3 Å². The quantitative estimate of drug-likeness (QED) is 0.613. The van der Waals surface area contributed by atoms with E-state index < -0.39 is 0 Å². The second-order valence-corrected chi connectivity index (χ2v) is 4.20. The van der Waals surface area contributed by atoms with E-state index in [4.69, 9.17) is 5.26 Å². The van der Waals surface area contributed by atoms with Crippen molar-refractivity contribution in [3.8, 4) is 6.07 Å². The summed E-state index contributed by atoms with van der Waals surface area (Å²) in [7, 11) is 0. The summed E-state index contributed by atoms with van der Waals surface area (Å²) < 4.78 is 0. The van der Waals surface area contributed by atoms with Gasteiger partial charge in [0.05, 0.1) is 6.07 Å². The highest BCUT2D eigenvalue weighted by molar-refractivity contribution is 5.09. The normalized spacial score (nSPS) is 20.1. The molecule has 1 nitrogen and oxygen atoms in total. The molecule has 0 bridgehead atoms. The molecule has 0 aromatic carbocycles. The van der Waals surface area contributed by atoms with Crippen molar-refractivity contribution in [2.45, 2.75) is 58.3 Å². The first-order valence-electron chi connectivity index (χ1n) is 5.94. The van der Waals surface area contributed by atoms with E-state index in [1.807, 2.05) is 0 Å². The van der Waals surface area contributed by atoms with E-state index in [9.17, 15) is 0 Å². The molecule has 1 atom stereocenters. The molecule has 1 heteroatoms. The van der Waals surface area contributed by atoms with E-state index in [-0.39, 0.29) is 0 Å². The number of hydrogen-bond acceptors (Lipinski definition) is 1. The lowest BCUT2D eigenvalue weighted by Gasteiger charge is -2.18. The van der Waals surface area contributed by atoms with Crippen molar-refractivity contribution in [1.29, 1.82) is 5.26 Å². The van der Waals surface area contributed by atoms with Crippen LogP contribution in [0.2, 0.25) is 0 Å². The number of nitriles is 1. The molecule has 0 saturated carbocycles. The number of hydrogen-bond donors (Lipinski definition) is 0. The Morgan fingerprint density at radius 2 is 2.14 bits per heavy atom. The molecule has 0 spiro atoms. The summed E-state index contributed by atoms with van der Waals surface area (Å²) >= 11 is 0. The number of nitrogens with zero attached hydrogens (tertiary/aromatic N) is 1. The molecule has 1 aliphatic rings. The van der Waals surface area contributed by atoms with Crippen LogP contribution in [0.3, 0.4) is 0 Å². The van der Waals surface area contributed by atoms with Crippen molar-refractivity contribution in [2.24, 2.45) is 5.92 Å². The standard InChI is InChI=1S/C13H21N/c1-2-12(10-11-14)13-8-6-4-3-5-7-9-13/h8,12H,2-7,9-10H2,1H3. The third kappa shape index (κ3) is 3.54. The maximum atomic E-state index is 8.75. The predicted molar refractivity (Wildman–Crippen MR) is 59.8 cm³/mol. The number of allylic oxidation sites excluding steroid dienone is 2. The van der Waals surface area contributed by atoms with Gasteiger partial charge in [-0.05, 0) is 38.0 Å². The fourth-order valence-corrected chi connectivity index (χ4v) is 2.24. The molecule has 78 valence electrons. The Bertz CT molecular complexity index is 222. The molecule has 1 aliphatic carbocycles. The van der Waals surface area contributed by atoms with Crippen LogP contribution in [0, 0.1) is 17.2 Å². The summed E-state index contributed by atoms with van der Waals surface area (Å²) in [4.78, 5) is 0. The molecule has 1 rings (SSSR count). The lowest BCUT2D eigenvalue weighted by molar-refractivity contribution is 0.537. The minimum Gasteiger partial charge on any atom is -0.198 e. The Labute approximate surface area is 87.8 Å². The van der Waals surface area contributed by atoms with E-state index in [0.29, 0.717) is 12.3 Å². The van der Waals surface area contributed by atoms with Crippen LogP contribution in [0.4, 0.5) is 0 Å². The Balaban J connectivity index is 2.56. The third-order valence-electron chi connectivity index (χ3n) is 3.18. The van der Waals surface area contributed by atoms with Gasteiger partial charge in [-0.15, -0.1) is 0 Å². The molecule has 0 radical (unpaired) electrons. The summed E-state index contributed by atoms with van der Waals surface area (Å²) in [5.41, 5.74) is 1.56. The smallest absolute Gasteiger partial charge is 0.0628 e. The topological polar surface area (TPSA) is 23.8 Å². The molecule has 0 amide bonds. The van der Waals surface area contributed by atoms with Gasteiger partial charge in [-0.2, -0.15) is 5.26 Å². The largest absolute Gasteiger partial charge is 0.198 e. The van der Waals surface area contributed by atoms with E-state index in [1.54, 1.807) is 5.57 Å². The maximum absolute atomic E-state index is 8.75. The first-order valence-corrected chi connectivity index (χ1v) is 5.94. The van der Waals surface area contributed by atoms with Gasteiger partial charge in [-0.3, -0.25) is 0 Å². The molecule has 0 aromatic heterocycles. The Hall–Kier alpha value is -0.770. The van der Waals surface area contributed by atoms with Crippen molar-refractivity contribution in [3.05, 3.63) is 11.6 Å². The minimum absolute atomic E-state index is 0.540. The molecule has 1 unspecified atom stereocenters. The molecule has 0 aliphatic heterocycles. The van der Waals surface area contributed by atoms with Crippen molar-refractivity contribution in [1.82, 2.24) is 0 Å². The molecular weight excluding hydrogens is 170 g/mol. The zero-order chi connectivity index (χ0) is 10.2. The summed E-state index contributed by atoms with van der Waals surface area (Å²) in [6.07, 6.45) is 12.1. The van der Waals surface area contributed by atoms with Crippen LogP contribution in [-0.2, 0) is 0 Å². The zero-order valence-electron chi connectivity index (χ0n) is 9.26. The van der Waals surface area contributed by atoms with Gasteiger partial charge in [0.15, 0.2) is 0 Å². The Kier molecular flexibility index (Phi) is 5.37. The van der Waals surface area contributed by atoms with Crippen LogP contribution in [0.5, 0.6) is 0 Å². The fourth-order valence-electron chi connectivity index (χ4n) is 2.24. The summed E-state index contributed by atoms with van der Waals surface area (Å²) in [5, 5.41) is 8.75. The average Bonchev–Trinajstić information content (AvgIpc) is 2.15. The SMILES string of the molecule is CCC(CC#N)C1=CCCCCCC1. The maximum Gasteiger partial charge on any atom is 0.0628 e. The van der Waals surface area contributed by atoms with Crippen molar-refractivity contribution >= 4 is 0 Å². The third-order valence-corrected chi connectivity index (χ3v) is 3.18. The molecule has 0 fully saturated rings. The lowest BCUT2D eigenvalue weighted by Crippen LogP contribution is -2.04. The molecule has 0 N–H and O–H groups in total. The summed E-state index contributed by atoms with van der Waals surface area (Å²) in [6.45, 7) is 2.20. The highest BCUT2D eigenvalue weighted by atomic mass is 14.3. The Morgan fingerprint density at radius 3 is 2.86 bits per heavy atom. The monoisotopic (exact) mass is 191 g/mol. The van der Waals surface area contributed by atoms with Crippen LogP contribution in [0.25, 0.3) is 0 Å². The van der Waals surface area contributed by atoms with Crippen molar-refractivity contribution in [2.75, 3.05) is 0 Å². The van der Waals surface area contributed by atoms with Crippen LogP contribution in [0.15, 0.2) is 11.6 Å². The van der Waals surface area contributed by atoms with Gasteiger partial charge < -0.3 is 0 Å². The van der Waals surface area contributed by atoms with Crippen molar-refractivity contribution in [3.63, 3.8) is 0 Å². The molecule has 0 aromatic rings. The Morgan fingerprint density at radius 1 is 1.36 bits per heavy atom. The van der Waals surface area contributed by atoms with Gasteiger partial charge in [0.2, 0.25) is 0 Å². The molecule has 0 heterocycles. The zero-order valence-corrected chi connectivity index (χ0v) is 9.26. The fraction of sp³-hybridized carbons (Fsp3) is 0.769. The van der Waals surface area contributed by atoms with Crippen LogP contribution < -0.4 is 0 Å². The van der Waals surface area contributed by atoms with Gasteiger partial charge >= 0.3 is 0 Å². The van der Waals surface area contributed by atoms with E-state index in [0.717, 1.165) is 6.42 Å². The van der Waals surface area contributed by atoms with E-state index >= 15 is 0 Å². The molecule has 0 saturated heterocycles. The average molecular weight is 191 g/mol. The summed E-state index contributed by atoms with van der Waals surface area (Å²) in [6, 6.07) is 2.31. The highest BCUT2D eigenvalue weighted by Gasteiger charge is 2.12. The van der Waals surface area contributed by atoms with Crippen LogP contribution >= 0.6 is 0 Å². The van der Waals surface area contributed by atoms with Gasteiger partial charge in [0, 0.05) is 6.42 Å². The first kappa shape index (κ1) is 11.3.